The number of imide groups is 1. The summed E-state index contributed by atoms with van der Waals surface area (Å²) >= 11 is 6.21. The van der Waals surface area contributed by atoms with Gasteiger partial charge in [-0.05, 0) is 43.2 Å². The van der Waals surface area contributed by atoms with Crippen LogP contribution >= 0.6 is 11.6 Å². The third-order valence-corrected chi connectivity index (χ3v) is 8.06. The molecule has 0 aliphatic carbocycles. The first-order valence-corrected chi connectivity index (χ1v) is 13.3. The lowest BCUT2D eigenvalue weighted by Gasteiger charge is -2.30. The summed E-state index contributed by atoms with van der Waals surface area (Å²) in [7, 11) is 0. The zero-order valence-corrected chi connectivity index (χ0v) is 21.9. The quantitative estimate of drug-likeness (QED) is 0.378. The van der Waals surface area contributed by atoms with E-state index in [0.29, 0.717) is 28.4 Å². The number of nitrogens with zero attached hydrogens (tertiary/aromatic N) is 2. The van der Waals surface area contributed by atoms with Crippen molar-refractivity contribution < 1.29 is 23.9 Å². The van der Waals surface area contributed by atoms with Crippen molar-refractivity contribution in [1.29, 1.82) is 0 Å². The molecule has 3 aliphatic rings. The first kappa shape index (κ1) is 25.3. The van der Waals surface area contributed by atoms with Crippen molar-refractivity contribution in [2.24, 2.45) is 11.8 Å². The minimum absolute atomic E-state index is 0.178. The third-order valence-electron chi connectivity index (χ3n) is 7.82. The fourth-order valence-corrected chi connectivity index (χ4v) is 6.54. The number of carbonyl (C=O) groups excluding carboxylic acids is 4. The van der Waals surface area contributed by atoms with Crippen molar-refractivity contribution in [3.8, 4) is 0 Å². The standard InChI is InChI=1S/C30H26ClN3O5/c1-2-39-24(35)17-33-23-14-7-6-13-21(23)30(29(33)38)26-25(22(32-30)15-18-9-4-3-5-10-18)27(36)34(28(26)37)20-12-8-11-19(31)16-20/h3-14,16,22,25-26,32H,2,15,17H2,1H3/t22-,25+,26-,30-/m0/s1. The van der Waals surface area contributed by atoms with Crippen LogP contribution in [0.5, 0.6) is 0 Å². The van der Waals surface area contributed by atoms with Gasteiger partial charge in [-0.25, -0.2) is 4.90 Å². The molecule has 8 nitrogen and oxygen atoms in total. The number of esters is 1. The van der Waals surface area contributed by atoms with Gasteiger partial charge >= 0.3 is 5.97 Å². The first-order chi connectivity index (χ1) is 18.9. The highest BCUT2D eigenvalue weighted by atomic mass is 35.5. The number of hydrogen-bond donors (Lipinski definition) is 1. The molecule has 1 spiro atoms. The molecular weight excluding hydrogens is 518 g/mol. The van der Waals surface area contributed by atoms with Crippen molar-refractivity contribution in [3.05, 3.63) is 95.0 Å². The van der Waals surface area contributed by atoms with Gasteiger partial charge in [-0.15, -0.1) is 0 Å². The van der Waals surface area contributed by atoms with Crippen LogP contribution in [0.2, 0.25) is 5.02 Å². The number of carbonyl (C=O) groups is 4. The Hall–Kier alpha value is -4.01. The van der Waals surface area contributed by atoms with E-state index in [9.17, 15) is 19.2 Å². The summed E-state index contributed by atoms with van der Waals surface area (Å²) in [4.78, 5) is 57.6. The summed E-state index contributed by atoms with van der Waals surface area (Å²) in [6, 6.07) is 22.8. The predicted molar refractivity (Wildman–Crippen MR) is 145 cm³/mol. The number of para-hydroxylation sites is 1. The van der Waals surface area contributed by atoms with Crippen LogP contribution in [0.1, 0.15) is 18.1 Å². The highest BCUT2D eigenvalue weighted by Crippen LogP contribution is 2.55. The molecule has 0 saturated carbocycles. The minimum atomic E-state index is -1.52. The maximum atomic E-state index is 14.4. The predicted octanol–water partition coefficient (Wildman–Crippen LogP) is 3.47. The van der Waals surface area contributed by atoms with E-state index >= 15 is 0 Å². The van der Waals surface area contributed by atoms with Crippen molar-refractivity contribution in [1.82, 2.24) is 5.32 Å². The summed E-state index contributed by atoms with van der Waals surface area (Å²) < 4.78 is 5.13. The lowest BCUT2D eigenvalue weighted by Crippen LogP contribution is -2.56. The van der Waals surface area contributed by atoms with Crippen LogP contribution < -0.4 is 15.1 Å². The molecule has 3 amide bonds. The van der Waals surface area contributed by atoms with Gasteiger partial charge in [-0.2, -0.15) is 0 Å². The molecule has 0 bridgehead atoms. The van der Waals surface area contributed by atoms with Gasteiger partial charge in [0.1, 0.15) is 12.1 Å². The summed E-state index contributed by atoms with van der Waals surface area (Å²) in [5, 5.41) is 3.86. The SMILES string of the molecule is CCOC(=O)CN1C(=O)[C@]2(N[C@@H](Cc3ccccc3)[C@H]3C(=O)N(c4cccc(Cl)c4)C(=O)[C@H]32)c2ccccc21. The molecule has 0 radical (unpaired) electrons. The van der Waals surface area contributed by atoms with Crippen molar-refractivity contribution in [3.63, 3.8) is 0 Å². The van der Waals surface area contributed by atoms with Gasteiger partial charge < -0.3 is 4.74 Å². The van der Waals surface area contributed by atoms with Gasteiger partial charge in [0.05, 0.1) is 24.1 Å². The summed E-state index contributed by atoms with van der Waals surface area (Å²) in [5.74, 6) is -3.68. The van der Waals surface area contributed by atoms with E-state index in [1.54, 1.807) is 55.5 Å². The Morgan fingerprint density at radius 2 is 1.72 bits per heavy atom. The lowest BCUT2D eigenvalue weighted by molar-refractivity contribution is -0.142. The van der Waals surface area contributed by atoms with E-state index in [-0.39, 0.29) is 19.1 Å². The number of nitrogens with one attached hydrogen (secondary N) is 1. The maximum absolute atomic E-state index is 14.4. The molecule has 2 fully saturated rings. The Kier molecular flexibility index (Phi) is 6.24. The molecule has 1 N–H and O–H groups in total. The molecule has 6 rings (SSSR count). The van der Waals surface area contributed by atoms with Crippen LogP contribution in [0.3, 0.4) is 0 Å². The molecule has 198 valence electrons. The number of rotatable bonds is 6. The van der Waals surface area contributed by atoms with Gasteiger partial charge in [-0.1, -0.05) is 66.2 Å². The first-order valence-electron chi connectivity index (χ1n) is 12.9. The zero-order valence-electron chi connectivity index (χ0n) is 21.2. The van der Waals surface area contributed by atoms with Gasteiger partial charge in [0.15, 0.2) is 0 Å². The average molecular weight is 544 g/mol. The second-order valence-corrected chi connectivity index (χ2v) is 10.4. The van der Waals surface area contributed by atoms with Crippen LogP contribution in [0.4, 0.5) is 11.4 Å². The number of ether oxygens (including phenoxy) is 1. The van der Waals surface area contributed by atoms with Gasteiger partial charge in [-0.3, -0.25) is 29.4 Å². The molecule has 4 atom stereocenters. The van der Waals surface area contributed by atoms with Crippen molar-refractivity contribution in [2.45, 2.75) is 24.9 Å². The van der Waals surface area contributed by atoms with Crippen LogP contribution in [-0.4, -0.2) is 42.9 Å². The molecule has 0 aromatic heterocycles. The van der Waals surface area contributed by atoms with Crippen LogP contribution in [0, 0.1) is 11.8 Å². The molecule has 3 aromatic carbocycles. The Balaban J connectivity index is 1.49. The number of fused-ring (bicyclic) bond motifs is 4. The summed E-state index contributed by atoms with van der Waals surface area (Å²) in [6.07, 6.45) is 0.430. The monoisotopic (exact) mass is 543 g/mol. The smallest absolute Gasteiger partial charge is 0.326 e. The number of hydrogen-bond acceptors (Lipinski definition) is 6. The van der Waals surface area contributed by atoms with Gasteiger partial charge in [0.25, 0.3) is 5.91 Å². The van der Waals surface area contributed by atoms with Crippen LogP contribution in [-0.2, 0) is 35.9 Å². The molecule has 9 heteroatoms. The van der Waals surface area contributed by atoms with E-state index in [1.165, 1.54) is 4.90 Å². The second-order valence-electron chi connectivity index (χ2n) is 9.96. The Bertz CT molecular complexity index is 1490. The third kappa shape index (κ3) is 3.85. The number of anilines is 2. The van der Waals surface area contributed by atoms with E-state index in [2.05, 4.69) is 5.32 Å². The van der Waals surface area contributed by atoms with E-state index in [4.69, 9.17) is 16.3 Å². The van der Waals surface area contributed by atoms with Crippen molar-refractivity contribution >= 4 is 46.7 Å². The normalized spacial score (nSPS) is 25.4. The average Bonchev–Trinajstić information content (AvgIpc) is 3.48. The second kappa shape index (κ2) is 9.63. The highest BCUT2D eigenvalue weighted by Gasteiger charge is 2.71. The van der Waals surface area contributed by atoms with Gasteiger partial charge in [0, 0.05) is 22.3 Å². The molecule has 39 heavy (non-hydrogen) atoms. The van der Waals surface area contributed by atoms with E-state index in [1.807, 2.05) is 30.3 Å². The highest BCUT2D eigenvalue weighted by molar-refractivity contribution is 6.31. The molecule has 3 aromatic rings. The molecule has 0 unspecified atom stereocenters. The molecule has 3 heterocycles. The Labute approximate surface area is 230 Å². The molecule has 3 aliphatic heterocycles. The van der Waals surface area contributed by atoms with Crippen LogP contribution in [0.15, 0.2) is 78.9 Å². The summed E-state index contributed by atoms with van der Waals surface area (Å²) in [5.41, 5.74) is 0.896. The molecule has 2 saturated heterocycles. The number of amides is 3. The Morgan fingerprint density at radius 3 is 2.46 bits per heavy atom. The summed E-state index contributed by atoms with van der Waals surface area (Å²) in [6.45, 7) is 1.58. The largest absolute Gasteiger partial charge is 0.465 e. The number of benzene rings is 3. The molecular formula is C30H26ClN3O5. The van der Waals surface area contributed by atoms with Gasteiger partial charge in [0.2, 0.25) is 11.8 Å². The van der Waals surface area contributed by atoms with E-state index in [0.717, 1.165) is 10.5 Å². The van der Waals surface area contributed by atoms with Crippen LogP contribution in [0.25, 0.3) is 0 Å². The van der Waals surface area contributed by atoms with Crippen molar-refractivity contribution in [2.75, 3.05) is 23.0 Å². The minimum Gasteiger partial charge on any atom is -0.465 e. The topological polar surface area (TPSA) is 96.0 Å². The fourth-order valence-electron chi connectivity index (χ4n) is 6.35. The Morgan fingerprint density at radius 1 is 0.974 bits per heavy atom. The van der Waals surface area contributed by atoms with E-state index < -0.39 is 41.2 Å². The number of halogens is 1. The zero-order chi connectivity index (χ0) is 27.3. The fraction of sp³-hybridized carbons (Fsp3) is 0.267. The lowest BCUT2D eigenvalue weighted by atomic mass is 9.76. The maximum Gasteiger partial charge on any atom is 0.326 e.